The summed E-state index contributed by atoms with van der Waals surface area (Å²) in [7, 11) is 0. The Hall–Kier alpha value is -4.06. The zero-order valence-corrected chi connectivity index (χ0v) is 20.7. The molecule has 184 valence electrons. The van der Waals surface area contributed by atoms with E-state index in [1.807, 2.05) is 63.2 Å². The summed E-state index contributed by atoms with van der Waals surface area (Å²) in [4.78, 5) is 29.7. The Morgan fingerprint density at radius 1 is 1.08 bits per heavy atom. The normalized spacial score (nSPS) is 20.4. The Kier molecular flexibility index (Phi) is 6.04. The van der Waals surface area contributed by atoms with Crippen LogP contribution in [0.4, 0.5) is 11.4 Å². The first-order valence-electron chi connectivity index (χ1n) is 12.2. The van der Waals surface area contributed by atoms with Crippen LogP contribution in [0.1, 0.15) is 49.2 Å². The number of rotatable bonds is 4. The molecule has 3 aromatic rings. The van der Waals surface area contributed by atoms with Gasteiger partial charge in [0.05, 0.1) is 29.9 Å². The SMILES string of the molecule is CCOc1cc(C2C3C(=O)CC(C)(C)C=C3Nc3ccccc3N2C(=O)c2ccccc2)ccc1O. The Morgan fingerprint density at radius 2 is 1.81 bits per heavy atom. The van der Waals surface area contributed by atoms with Gasteiger partial charge < -0.3 is 15.2 Å². The third kappa shape index (κ3) is 4.24. The molecule has 1 aliphatic carbocycles. The molecule has 0 radical (unpaired) electrons. The Bertz CT molecular complexity index is 1350. The number of carbonyl (C=O) groups excluding carboxylic acids is 2. The van der Waals surface area contributed by atoms with E-state index in [-0.39, 0.29) is 22.9 Å². The van der Waals surface area contributed by atoms with Gasteiger partial charge in [-0.25, -0.2) is 0 Å². The second kappa shape index (κ2) is 9.19. The predicted octanol–water partition coefficient (Wildman–Crippen LogP) is 6.10. The van der Waals surface area contributed by atoms with Crippen LogP contribution in [0.15, 0.2) is 84.6 Å². The lowest BCUT2D eigenvalue weighted by atomic mass is 9.72. The van der Waals surface area contributed by atoms with Crippen molar-refractivity contribution in [3.05, 3.63) is 95.7 Å². The molecule has 2 N–H and O–H groups in total. The van der Waals surface area contributed by atoms with Crippen LogP contribution in [0.2, 0.25) is 0 Å². The van der Waals surface area contributed by atoms with E-state index >= 15 is 0 Å². The molecule has 0 saturated carbocycles. The van der Waals surface area contributed by atoms with E-state index in [0.717, 1.165) is 11.4 Å². The maximum Gasteiger partial charge on any atom is 0.258 e. The molecule has 2 aliphatic rings. The second-order valence-corrected chi connectivity index (χ2v) is 10.00. The van der Waals surface area contributed by atoms with E-state index in [1.54, 1.807) is 35.2 Å². The first-order chi connectivity index (χ1) is 17.3. The van der Waals surface area contributed by atoms with Gasteiger partial charge in [0, 0.05) is 17.7 Å². The van der Waals surface area contributed by atoms with Crippen molar-refractivity contribution < 1.29 is 19.4 Å². The summed E-state index contributed by atoms with van der Waals surface area (Å²) in [6.07, 6.45) is 2.47. The van der Waals surface area contributed by atoms with Crippen LogP contribution in [0.3, 0.4) is 0 Å². The Labute approximate surface area is 211 Å². The molecule has 1 amide bonds. The summed E-state index contributed by atoms with van der Waals surface area (Å²) < 4.78 is 5.68. The highest BCUT2D eigenvalue weighted by Gasteiger charge is 2.46. The number of amides is 1. The molecule has 3 aromatic carbocycles. The predicted molar refractivity (Wildman–Crippen MR) is 140 cm³/mol. The quantitative estimate of drug-likeness (QED) is 0.470. The van der Waals surface area contributed by atoms with Crippen molar-refractivity contribution >= 4 is 23.1 Å². The van der Waals surface area contributed by atoms with Crippen molar-refractivity contribution in [1.29, 1.82) is 0 Å². The molecular formula is C30H30N2O4. The number of ketones is 1. The number of benzene rings is 3. The fourth-order valence-electron chi connectivity index (χ4n) is 5.28. The lowest BCUT2D eigenvalue weighted by Crippen LogP contribution is -2.43. The van der Waals surface area contributed by atoms with Crippen molar-refractivity contribution in [3.63, 3.8) is 0 Å². The van der Waals surface area contributed by atoms with Gasteiger partial charge >= 0.3 is 0 Å². The van der Waals surface area contributed by atoms with E-state index in [0.29, 0.717) is 35.6 Å². The number of nitrogens with zero attached hydrogens (tertiary/aromatic N) is 1. The van der Waals surface area contributed by atoms with Crippen LogP contribution in [-0.4, -0.2) is 23.4 Å². The fraction of sp³-hybridized carbons (Fsp3) is 0.267. The third-order valence-electron chi connectivity index (χ3n) is 6.76. The third-order valence-corrected chi connectivity index (χ3v) is 6.76. The first-order valence-corrected chi connectivity index (χ1v) is 12.2. The number of carbonyl (C=O) groups is 2. The average molecular weight is 483 g/mol. The van der Waals surface area contributed by atoms with E-state index in [2.05, 4.69) is 11.4 Å². The highest BCUT2D eigenvalue weighted by molar-refractivity contribution is 6.09. The lowest BCUT2D eigenvalue weighted by molar-refractivity contribution is -0.124. The lowest BCUT2D eigenvalue weighted by Gasteiger charge is -2.39. The van der Waals surface area contributed by atoms with Crippen molar-refractivity contribution in [1.82, 2.24) is 0 Å². The molecule has 0 saturated heterocycles. The highest BCUT2D eigenvalue weighted by atomic mass is 16.5. The molecule has 1 heterocycles. The zero-order chi connectivity index (χ0) is 25.4. The zero-order valence-electron chi connectivity index (χ0n) is 20.7. The number of aromatic hydroxyl groups is 1. The molecule has 36 heavy (non-hydrogen) atoms. The van der Waals surface area contributed by atoms with Gasteiger partial charge in [0.2, 0.25) is 0 Å². The standard InChI is InChI=1S/C30H30N2O4/c1-4-36-26-16-20(14-15-24(26)33)28-27-22(17-30(2,3)18-25(27)34)31-21-12-8-9-13-23(21)32(28)29(35)19-10-6-5-7-11-19/h5-17,27-28,31,33H,4,18H2,1-3H3. The van der Waals surface area contributed by atoms with Gasteiger partial charge in [-0.2, -0.15) is 0 Å². The number of phenolic OH excluding ortho intramolecular Hbond substituents is 1. The molecule has 5 rings (SSSR count). The minimum absolute atomic E-state index is 0.0144. The van der Waals surface area contributed by atoms with Crippen LogP contribution in [0.25, 0.3) is 0 Å². The number of anilines is 2. The Balaban J connectivity index is 1.79. The summed E-state index contributed by atoms with van der Waals surface area (Å²) in [5.74, 6) is -0.432. The van der Waals surface area contributed by atoms with Crippen LogP contribution >= 0.6 is 0 Å². The molecule has 0 aromatic heterocycles. The molecular weight excluding hydrogens is 452 g/mol. The van der Waals surface area contributed by atoms with E-state index in [4.69, 9.17) is 4.74 Å². The second-order valence-electron chi connectivity index (χ2n) is 10.00. The van der Waals surface area contributed by atoms with Crippen molar-refractivity contribution in [2.75, 3.05) is 16.8 Å². The Morgan fingerprint density at radius 3 is 2.56 bits per heavy atom. The van der Waals surface area contributed by atoms with E-state index in [1.165, 1.54) is 0 Å². The highest BCUT2D eigenvalue weighted by Crippen LogP contribution is 2.49. The van der Waals surface area contributed by atoms with Crippen LogP contribution < -0.4 is 15.0 Å². The fourth-order valence-corrected chi connectivity index (χ4v) is 5.28. The van der Waals surface area contributed by atoms with Gasteiger partial charge in [-0.3, -0.25) is 14.5 Å². The number of hydrogen-bond acceptors (Lipinski definition) is 5. The van der Waals surface area contributed by atoms with Crippen molar-refractivity contribution in [2.45, 2.75) is 33.2 Å². The minimum Gasteiger partial charge on any atom is -0.504 e. The van der Waals surface area contributed by atoms with Crippen molar-refractivity contribution in [3.8, 4) is 11.5 Å². The average Bonchev–Trinajstić information content (AvgIpc) is 2.99. The monoisotopic (exact) mass is 482 g/mol. The number of fused-ring (bicyclic) bond motifs is 2. The molecule has 0 fully saturated rings. The molecule has 0 bridgehead atoms. The van der Waals surface area contributed by atoms with E-state index in [9.17, 15) is 14.7 Å². The van der Waals surface area contributed by atoms with Crippen LogP contribution in [0.5, 0.6) is 11.5 Å². The number of allylic oxidation sites excluding steroid dienone is 1. The molecule has 6 heteroatoms. The molecule has 2 unspecified atom stereocenters. The van der Waals surface area contributed by atoms with Gasteiger partial charge in [-0.15, -0.1) is 0 Å². The number of ether oxygens (including phenoxy) is 1. The largest absolute Gasteiger partial charge is 0.504 e. The van der Waals surface area contributed by atoms with Crippen molar-refractivity contribution in [2.24, 2.45) is 11.3 Å². The van der Waals surface area contributed by atoms with Gasteiger partial charge in [0.1, 0.15) is 5.78 Å². The maximum atomic E-state index is 14.2. The molecule has 1 aliphatic heterocycles. The summed E-state index contributed by atoms with van der Waals surface area (Å²) in [5.41, 5.74) is 3.14. The maximum absolute atomic E-state index is 14.2. The molecule has 0 spiro atoms. The number of phenols is 1. The molecule has 6 nitrogen and oxygen atoms in total. The topological polar surface area (TPSA) is 78.9 Å². The summed E-state index contributed by atoms with van der Waals surface area (Å²) in [5, 5.41) is 13.9. The number of para-hydroxylation sites is 2. The molecule has 2 atom stereocenters. The van der Waals surface area contributed by atoms with Crippen LogP contribution in [0, 0.1) is 11.3 Å². The summed E-state index contributed by atoms with van der Waals surface area (Å²) >= 11 is 0. The van der Waals surface area contributed by atoms with Gasteiger partial charge in [0.15, 0.2) is 11.5 Å². The summed E-state index contributed by atoms with van der Waals surface area (Å²) in [6.45, 7) is 6.31. The van der Waals surface area contributed by atoms with Crippen LogP contribution in [-0.2, 0) is 4.79 Å². The summed E-state index contributed by atoms with van der Waals surface area (Å²) in [6, 6.07) is 21.2. The van der Waals surface area contributed by atoms with E-state index < -0.39 is 12.0 Å². The number of Topliss-reactive ketones (excluding diaryl/α,β-unsaturated/α-hetero) is 1. The first kappa shape index (κ1) is 23.7. The number of hydrogen-bond donors (Lipinski definition) is 2. The van der Waals surface area contributed by atoms with Gasteiger partial charge in [-0.1, -0.05) is 56.3 Å². The van der Waals surface area contributed by atoms with Gasteiger partial charge in [0.25, 0.3) is 5.91 Å². The number of nitrogens with one attached hydrogen (secondary N) is 1. The van der Waals surface area contributed by atoms with Gasteiger partial charge in [-0.05, 0) is 54.3 Å². The minimum atomic E-state index is -0.650. The smallest absolute Gasteiger partial charge is 0.258 e.